The zero-order valence-corrected chi connectivity index (χ0v) is 23.2. The van der Waals surface area contributed by atoms with Crippen molar-refractivity contribution < 1.29 is 19.7 Å². The summed E-state index contributed by atoms with van der Waals surface area (Å²) >= 11 is 0. The van der Waals surface area contributed by atoms with E-state index in [9.17, 15) is 25.0 Å². The number of benzene rings is 2. The van der Waals surface area contributed by atoms with Crippen LogP contribution in [0.15, 0.2) is 36.4 Å². The molecule has 0 saturated heterocycles. The number of nitrogens with zero attached hydrogens (tertiary/aromatic N) is 3. The lowest BCUT2D eigenvalue weighted by molar-refractivity contribution is -0.385. The first-order chi connectivity index (χ1) is 18.7. The summed E-state index contributed by atoms with van der Waals surface area (Å²) in [6.45, 7) is 4.36. The molecular weight excluding hydrogens is 498 g/mol. The van der Waals surface area contributed by atoms with Gasteiger partial charge in [-0.15, -0.1) is 0 Å². The number of hydrogen-bond donors (Lipinski definition) is 1. The minimum atomic E-state index is -1.26. The first-order valence-electron chi connectivity index (χ1n) is 13.9. The van der Waals surface area contributed by atoms with Crippen LogP contribution in [0.4, 0.5) is 11.4 Å². The Morgan fingerprint density at radius 1 is 0.744 bits per heavy atom. The Morgan fingerprint density at radius 3 is 1.62 bits per heavy atom. The predicted molar refractivity (Wildman–Crippen MR) is 152 cm³/mol. The summed E-state index contributed by atoms with van der Waals surface area (Å²) in [6, 6.07) is 11.1. The number of rotatable bonds is 17. The molecule has 0 aromatic heterocycles. The van der Waals surface area contributed by atoms with E-state index in [1.165, 1.54) is 69.6 Å². The van der Waals surface area contributed by atoms with E-state index >= 15 is 0 Å². The van der Waals surface area contributed by atoms with Crippen LogP contribution in [0.5, 0.6) is 0 Å². The van der Waals surface area contributed by atoms with Crippen molar-refractivity contribution >= 4 is 17.3 Å². The van der Waals surface area contributed by atoms with Crippen molar-refractivity contribution in [3.8, 4) is 6.07 Å². The molecule has 212 valence electrons. The summed E-state index contributed by atoms with van der Waals surface area (Å²) in [5.74, 6) is -1.26. The molecule has 2 aromatic carbocycles. The maximum Gasteiger partial charge on any atom is 0.342 e. The molecular formula is C30H41N3O6. The van der Waals surface area contributed by atoms with Crippen LogP contribution in [0, 0.1) is 31.6 Å². The van der Waals surface area contributed by atoms with Gasteiger partial charge in [-0.05, 0) is 48.9 Å². The summed E-state index contributed by atoms with van der Waals surface area (Å²) in [7, 11) is 0. The van der Waals surface area contributed by atoms with E-state index in [1.54, 1.807) is 12.1 Å². The van der Waals surface area contributed by atoms with E-state index < -0.39 is 15.8 Å². The summed E-state index contributed by atoms with van der Waals surface area (Å²) in [5, 5.41) is 39.4. The fourth-order valence-corrected chi connectivity index (χ4v) is 4.26. The molecule has 0 heterocycles. The molecule has 0 fully saturated rings. The number of aromatic carboxylic acids is 1. The number of nitriles is 1. The molecule has 0 radical (unpaired) electrons. The highest BCUT2D eigenvalue weighted by atomic mass is 16.6. The van der Waals surface area contributed by atoms with E-state index in [1.807, 2.05) is 12.1 Å². The molecule has 0 aliphatic rings. The average Bonchev–Trinajstić information content (AvgIpc) is 2.92. The van der Waals surface area contributed by atoms with Crippen molar-refractivity contribution in [3.63, 3.8) is 0 Å². The average molecular weight is 540 g/mol. The fourth-order valence-electron chi connectivity index (χ4n) is 4.26. The molecule has 0 atom stereocenters. The van der Waals surface area contributed by atoms with Crippen molar-refractivity contribution in [1.29, 1.82) is 5.26 Å². The van der Waals surface area contributed by atoms with Gasteiger partial charge < -0.3 is 5.11 Å². The summed E-state index contributed by atoms with van der Waals surface area (Å²) in [4.78, 5) is 31.5. The smallest absolute Gasteiger partial charge is 0.342 e. The normalized spacial score (nSPS) is 10.3. The van der Waals surface area contributed by atoms with Gasteiger partial charge in [-0.3, -0.25) is 20.2 Å². The predicted octanol–water partition coefficient (Wildman–Crippen LogP) is 8.57. The van der Waals surface area contributed by atoms with Crippen molar-refractivity contribution in [2.24, 2.45) is 0 Å². The molecule has 0 spiro atoms. The molecule has 1 N–H and O–H groups in total. The molecule has 0 amide bonds. The van der Waals surface area contributed by atoms with Gasteiger partial charge in [-0.1, -0.05) is 90.2 Å². The van der Waals surface area contributed by atoms with Crippen molar-refractivity contribution in [2.45, 2.75) is 104 Å². The third kappa shape index (κ3) is 13.0. The molecule has 9 nitrogen and oxygen atoms in total. The van der Waals surface area contributed by atoms with Gasteiger partial charge in [0.05, 0.1) is 9.85 Å². The maximum absolute atomic E-state index is 10.9. The van der Waals surface area contributed by atoms with E-state index in [4.69, 9.17) is 10.4 Å². The van der Waals surface area contributed by atoms with E-state index in [0.29, 0.717) is 0 Å². The van der Waals surface area contributed by atoms with Gasteiger partial charge in [-0.25, -0.2) is 4.79 Å². The standard InChI is InChI=1S/C15H20N2O2.C15H21NO4/c1-2-3-4-5-6-7-8-13-9-10-14(12-16)15(11-13)17(18)19;1-2-3-4-5-6-7-8-12-9-10-13(15(17)18)14(11-12)16(19)20/h9-11H,2-8H2,1H3;9-11H,2-8H2,1H3,(H,17,18). The van der Waals surface area contributed by atoms with Crippen LogP contribution in [-0.2, 0) is 12.8 Å². The molecule has 0 aliphatic heterocycles. The Labute approximate surface area is 231 Å². The second-order valence-corrected chi connectivity index (χ2v) is 9.67. The van der Waals surface area contributed by atoms with Gasteiger partial charge in [0.2, 0.25) is 0 Å². The number of unbranched alkanes of at least 4 members (excludes halogenated alkanes) is 10. The number of nitro benzene ring substituents is 2. The first-order valence-corrected chi connectivity index (χ1v) is 13.9. The Morgan fingerprint density at radius 2 is 1.18 bits per heavy atom. The SMILES string of the molecule is CCCCCCCCc1ccc(C#N)c([N+](=O)[O-])c1.CCCCCCCCc1ccc(C(=O)O)c([N+](=O)[O-])c1. The molecule has 39 heavy (non-hydrogen) atoms. The molecule has 0 bridgehead atoms. The fraction of sp³-hybridized carbons (Fsp3) is 0.533. The van der Waals surface area contributed by atoms with Gasteiger partial charge in [0.15, 0.2) is 0 Å². The van der Waals surface area contributed by atoms with Gasteiger partial charge in [0.25, 0.3) is 11.4 Å². The molecule has 0 saturated carbocycles. The number of carboxylic acids is 1. The molecule has 0 aliphatic carbocycles. The van der Waals surface area contributed by atoms with Crippen LogP contribution in [0.1, 0.15) is 118 Å². The van der Waals surface area contributed by atoms with Gasteiger partial charge in [-0.2, -0.15) is 5.26 Å². The molecule has 2 rings (SSSR count). The van der Waals surface area contributed by atoms with Crippen LogP contribution in [0.25, 0.3) is 0 Å². The topological polar surface area (TPSA) is 147 Å². The first kappa shape index (κ1) is 33.2. The van der Waals surface area contributed by atoms with Crippen LogP contribution in [-0.4, -0.2) is 20.9 Å². The Balaban J connectivity index is 0.000000391. The number of carbonyl (C=O) groups is 1. The minimum Gasteiger partial charge on any atom is -0.477 e. The maximum atomic E-state index is 10.9. The van der Waals surface area contributed by atoms with Crippen LogP contribution in [0.3, 0.4) is 0 Å². The third-order valence-corrected chi connectivity index (χ3v) is 6.51. The van der Waals surface area contributed by atoms with Gasteiger partial charge >= 0.3 is 5.97 Å². The third-order valence-electron chi connectivity index (χ3n) is 6.51. The highest BCUT2D eigenvalue weighted by Crippen LogP contribution is 2.22. The van der Waals surface area contributed by atoms with E-state index in [2.05, 4.69) is 13.8 Å². The Hall–Kier alpha value is -3.80. The Bertz CT molecular complexity index is 1110. The molecule has 2 aromatic rings. The zero-order chi connectivity index (χ0) is 29.0. The van der Waals surface area contributed by atoms with Crippen LogP contribution in [0.2, 0.25) is 0 Å². The lowest BCUT2D eigenvalue weighted by Gasteiger charge is -2.04. The molecule has 0 unspecified atom stereocenters. The van der Waals surface area contributed by atoms with E-state index in [0.717, 1.165) is 49.7 Å². The van der Waals surface area contributed by atoms with Crippen molar-refractivity contribution in [1.82, 2.24) is 0 Å². The van der Waals surface area contributed by atoms with Gasteiger partial charge in [0.1, 0.15) is 17.2 Å². The zero-order valence-electron chi connectivity index (χ0n) is 23.2. The largest absolute Gasteiger partial charge is 0.477 e. The number of nitro groups is 2. The van der Waals surface area contributed by atoms with Crippen LogP contribution < -0.4 is 0 Å². The summed E-state index contributed by atoms with van der Waals surface area (Å²) < 4.78 is 0. The molecule has 9 heteroatoms. The van der Waals surface area contributed by atoms with Crippen molar-refractivity contribution in [2.75, 3.05) is 0 Å². The summed E-state index contributed by atoms with van der Waals surface area (Å²) in [5.41, 5.74) is 1.27. The number of carboxylic acid groups (broad SMARTS) is 1. The lowest BCUT2D eigenvalue weighted by atomic mass is 10.0. The monoisotopic (exact) mass is 539 g/mol. The Kier molecular flexibility index (Phi) is 16.4. The number of aryl methyl sites for hydroxylation is 2. The van der Waals surface area contributed by atoms with Crippen molar-refractivity contribution in [3.05, 3.63) is 78.9 Å². The highest BCUT2D eigenvalue weighted by Gasteiger charge is 2.19. The quantitative estimate of drug-likeness (QED) is 0.120. The second kappa shape index (κ2) is 19.3. The summed E-state index contributed by atoms with van der Waals surface area (Å²) in [6.07, 6.45) is 15.8. The minimum absolute atomic E-state index is 0.0778. The van der Waals surface area contributed by atoms with Gasteiger partial charge in [0, 0.05) is 12.1 Å². The van der Waals surface area contributed by atoms with Crippen LogP contribution >= 0.6 is 0 Å². The van der Waals surface area contributed by atoms with E-state index in [-0.39, 0.29) is 22.5 Å². The second-order valence-electron chi connectivity index (χ2n) is 9.67. The lowest BCUT2D eigenvalue weighted by Crippen LogP contribution is -2.03. The highest BCUT2D eigenvalue weighted by molar-refractivity contribution is 5.92. The number of hydrogen-bond acceptors (Lipinski definition) is 6.